The van der Waals surface area contributed by atoms with Crippen LogP contribution in [0.2, 0.25) is 0 Å². The van der Waals surface area contributed by atoms with Gasteiger partial charge in [-0.2, -0.15) is 0 Å². The maximum Gasteiger partial charge on any atom is 0.192 e. The van der Waals surface area contributed by atoms with Crippen LogP contribution in [-0.4, -0.2) is 10.4 Å². The number of hydrogen-bond acceptors (Lipinski definition) is 2. The van der Waals surface area contributed by atoms with Gasteiger partial charge in [0.1, 0.15) is 0 Å². The van der Waals surface area contributed by atoms with Gasteiger partial charge in [-0.05, 0) is 111 Å². The van der Waals surface area contributed by atoms with E-state index >= 15 is 0 Å². The van der Waals surface area contributed by atoms with Crippen LogP contribution in [0.3, 0.4) is 0 Å². The van der Waals surface area contributed by atoms with Gasteiger partial charge in [-0.1, -0.05) is 90.1 Å². The van der Waals surface area contributed by atoms with Gasteiger partial charge in [0.2, 0.25) is 0 Å². The van der Waals surface area contributed by atoms with E-state index in [1.165, 1.54) is 83.5 Å². The fourth-order valence-corrected chi connectivity index (χ4v) is 11.4. The molecule has 4 saturated carbocycles. The molecule has 0 aromatic rings. The molecule has 2 heteroatoms. The maximum absolute atomic E-state index is 12.9. The average Bonchev–Trinajstić information content (AvgIpc) is 3.47. The fourth-order valence-electron chi connectivity index (χ4n) is 10.2. The summed E-state index contributed by atoms with van der Waals surface area (Å²) < 4.78 is 0. The van der Waals surface area contributed by atoms with Gasteiger partial charge in [-0.25, -0.2) is 0 Å². The van der Waals surface area contributed by atoms with Crippen molar-refractivity contribution in [1.82, 2.24) is 0 Å². The molecule has 198 valence electrons. The highest BCUT2D eigenvalue weighted by Crippen LogP contribution is 2.67. The smallest absolute Gasteiger partial charge is 0.192 e. The first-order valence-corrected chi connectivity index (χ1v) is 16.5. The van der Waals surface area contributed by atoms with Crippen molar-refractivity contribution >= 4 is 16.9 Å². The molecule has 0 aromatic heterocycles. The van der Waals surface area contributed by atoms with Gasteiger partial charge in [-0.3, -0.25) is 4.79 Å². The fraction of sp³-hybridized carbons (Fsp3) is 0.909. The summed E-state index contributed by atoms with van der Waals surface area (Å²) in [4.78, 5) is 12.9. The molecule has 4 fully saturated rings. The first-order chi connectivity index (χ1) is 16.7. The second-order valence-corrected chi connectivity index (χ2v) is 15.9. The molecule has 0 heterocycles. The predicted molar refractivity (Wildman–Crippen MR) is 151 cm³/mol. The molecule has 0 aromatic carbocycles. The zero-order valence-electron chi connectivity index (χ0n) is 23.6. The number of allylic oxidation sites excluding steroid dienone is 2. The summed E-state index contributed by atoms with van der Waals surface area (Å²) in [5, 5.41) is 1.08. The molecule has 8 atom stereocenters. The summed E-state index contributed by atoms with van der Waals surface area (Å²) in [6.45, 7) is 12.7. The molecule has 35 heavy (non-hydrogen) atoms. The number of carbonyl (C=O) groups excluding carboxylic acids is 1. The van der Waals surface area contributed by atoms with Crippen molar-refractivity contribution in [1.29, 1.82) is 0 Å². The highest BCUT2D eigenvalue weighted by molar-refractivity contribution is 8.14. The molecular formula is C33H54OS. The topological polar surface area (TPSA) is 17.1 Å². The van der Waals surface area contributed by atoms with Gasteiger partial charge in [0.25, 0.3) is 0 Å². The summed E-state index contributed by atoms with van der Waals surface area (Å²) in [6.07, 6.45) is 22.8. The van der Waals surface area contributed by atoms with Crippen molar-refractivity contribution in [3.63, 3.8) is 0 Å². The zero-order valence-corrected chi connectivity index (χ0v) is 24.4. The van der Waals surface area contributed by atoms with Gasteiger partial charge < -0.3 is 0 Å². The van der Waals surface area contributed by atoms with Crippen LogP contribution < -0.4 is 0 Å². The van der Waals surface area contributed by atoms with E-state index in [1.807, 2.05) is 0 Å². The van der Waals surface area contributed by atoms with Crippen molar-refractivity contribution in [3.8, 4) is 0 Å². The van der Waals surface area contributed by atoms with Crippen LogP contribution in [0.15, 0.2) is 11.6 Å². The third-order valence-corrected chi connectivity index (χ3v) is 13.5. The summed E-state index contributed by atoms with van der Waals surface area (Å²) in [5.41, 5.74) is 2.75. The van der Waals surface area contributed by atoms with Crippen LogP contribution in [0.4, 0.5) is 0 Å². The summed E-state index contributed by atoms with van der Waals surface area (Å²) >= 11 is 1.75. The molecule has 0 N–H and O–H groups in total. The predicted octanol–water partition coefficient (Wildman–Crippen LogP) is 9.85. The van der Waals surface area contributed by atoms with Crippen molar-refractivity contribution in [2.24, 2.45) is 52.3 Å². The van der Waals surface area contributed by atoms with Crippen LogP contribution in [0.1, 0.15) is 131 Å². The summed E-state index contributed by atoms with van der Waals surface area (Å²) in [7, 11) is 0. The van der Waals surface area contributed by atoms with Crippen molar-refractivity contribution < 1.29 is 4.79 Å². The molecule has 0 radical (unpaired) electrons. The first kappa shape index (κ1) is 26.4. The standard InChI is InChI=1S/C33H54OS/c1-22(2)9-8-10-23(3)28-15-16-29-27-14-13-25-21-26(35-31(34)24-11-6-7-12-24)17-19-32(25,4)30(27)18-20-33(28,29)5/h13,22-24,26-30H,6-12,14-21H2,1-5H3. The van der Waals surface area contributed by atoms with Gasteiger partial charge in [0.05, 0.1) is 0 Å². The second kappa shape index (κ2) is 10.5. The summed E-state index contributed by atoms with van der Waals surface area (Å²) in [5.74, 6) is 5.83. The Morgan fingerprint density at radius 1 is 0.971 bits per heavy atom. The van der Waals surface area contributed by atoms with Crippen LogP contribution in [0, 0.1) is 52.3 Å². The van der Waals surface area contributed by atoms with Gasteiger partial charge >= 0.3 is 0 Å². The van der Waals surface area contributed by atoms with Crippen molar-refractivity contribution in [2.45, 2.75) is 136 Å². The van der Waals surface area contributed by atoms with E-state index in [1.54, 1.807) is 17.3 Å². The minimum absolute atomic E-state index is 0.372. The molecule has 0 saturated heterocycles. The first-order valence-electron chi connectivity index (χ1n) is 15.6. The Morgan fingerprint density at radius 3 is 2.49 bits per heavy atom. The van der Waals surface area contributed by atoms with E-state index < -0.39 is 0 Å². The average molecular weight is 499 g/mol. The van der Waals surface area contributed by atoms with E-state index in [0.717, 1.165) is 48.3 Å². The monoisotopic (exact) mass is 498 g/mol. The highest BCUT2D eigenvalue weighted by atomic mass is 32.2. The van der Waals surface area contributed by atoms with Crippen LogP contribution in [0.25, 0.3) is 0 Å². The minimum Gasteiger partial charge on any atom is -0.287 e. The zero-order chi connectivity index (χ0) is 24.8. The lowest BCUT2D eigenvalue weighted by molar-refractivity contribution is -0.114. The Kier molecular flexibility index (Phi) is 7.91. The van der Waals surface area contributed by atoms with Crippen LogP contribution in [0.5, 0.6) is 0 Å². The van der Waals surface area contributed by atoms with Crippen LogP contribution in [-0.2, 0) is 4.79 Å². The molecule has 0 bridgehead atoms. The quantitative estimate of drug-likeness (QED) is 0.325. The molecule has 5 aliphatic rings. The number of carbonyl (C=O) groups is 1. The lowest BCUT2D eigenvalue weighted by atomic mass is 9.47. The van der Waals surface area contributed by atoms with Gasteiger partial charge in [0.15, 0.2) is 5.12 Å². The Morgan fingerprint density at radius 2 is 1.74 bits per heavy atom. The van der Waals surface area contributed by atoms with E-state index in [9.17, 15) is 4.79 Å². The number of thioether (sulfide) groups is 1. The molecule has 8 unspecified atom stereocenters. The lowest BCUT2D eigenvalue weighted by Crippen LogP contribution is -2.50. The highest BCUT2D eigenvalue weighted by Gasteiger charge is 2.59. The maximum atomic E-state index is 12.9. The van der Waals surface area contributed by atoms with E-state index in [2.05, 4.69) is 40.7 Å². The molecule has 5 rings (SSSR count). The molecule has 0 spiro atoms. The Hall–Kier alpha value is -0.240. The van der Waals surface area contributed by atoms with Gasteiger partial charge in [0, 0.05) is 11.2 Å². The molecule has 1 nitrogen and oxygen atoms in total. The van der Waals surface area contributed by atoms with Crippen molar-refractivity contribution in [2.75, 3.05) is 0 Å². The lowest BCUT2D eigenvalue weighted by Gasteiger charge is -2.58. The number of rotatable bonds is 7. The number of hydrogen-bond donors (Lipinski definition) is 0. The molecule has 5 aliphatic carbocycles. The minimum atomic E-state index is 0.372. The normalized spacial score (nSPS) is 42.3. The Balaban J connectivity index is 1.24. The van der Waals surface area contributed by atoms with E-state index in [4.69, 9.17) is 0 Å². The van der Waals surface area contributed by atoms with Crippen LogP contribution >= 0.6 is 11.8 Å². The third kappa shape index (κ3) is 4.97. The largest absolute Gasteiger partial charge is 0.287 e. The van der Waals surface area contributed by atoms with E-state index in [0.29, 0.717) is 27.1 Å². The molecule has 0 amide bonds. The van der Waals surface area contributed by atoms with Gasteiger partial charge in [-0.15, -0.1) is 0 Å². The van der Waals surface area contributed by atoms with Crippen molar-refractivity contribution in [3.05, 3.63) is 11.6 Å². The molecular weight excluding hydrogens is 444 g/mol. The Bertz CT molecular complexity index is 793. The number of fused-ring (bicyclic) bond motifs is 5. The SMILES string of the molecule is CC(C)CCCC(C)C1CCC2C3CC=C4CC(SC(=O)C5CCCC5)CCC4(C)C3CCC12C. The molecule has 0 aliphatic heterocycles. The summed E-state index contributed by atoms with van der Waals surface area (Å²) in [6, 6.07) is 0. The Labute approximate surface area is 221 Å². The second-order valence-electron chi connectivity index (χ2n) is 14.6. The third-order valence-electron chi connectivity index (χ3n) is 12.2. The van der Waals surface area contributed by atoms with E-state index in [-0.39, 0.29) is 0 Å².